The van der Waals surface area contributed by atoms with Gasteiger partial charge in [0.15, 0.2) is 6.61 Å². The lowest BCUT2D eigenvalue weighted by Gasteiger charge is -2.18. The van der Waals surface area contributed by atoms with Crippen LogP contribution in [-0.4, -0.2) is 30.9 Å². The summed E-state index contributed by atoms with van der Waals surface area (Å²) in [5.41, 5.74) is 1.17. The number of nitrogens with one attached hydrogen (secondary N) is 1. The molecule has 0 aliphatic heterocycles. The van der Waals surface area contributed by atoms with Gasteiger partial charge in [-0.25, -0.2) is 0 Å². The van der Waals surface area contributed by atoms with Crippen molar-refractivity contribution in [1.82, 2.24) is 5.32 Å². The molecule has 0 spiro atoms. The summed E-state index contributed by atoms with van der Waals surface area (Å²) in [6.07, 6.45) is -0.233. The maximum Gasteiger partial charge on any atom is 0.387 e. The lowest BCUT2D eigenvalue weighted by molar-refractivity contribution is -0.143. The lowest BCUT2D eigenvalue weighted by Crippen LogP contribution is -2.29. The van der Waals surface area contributed by atoms with Gasteiger partial charge in [0.2, 0.25) is 11.7 Å². The Bertz CT molecular complexity index is 918. The molecule has 1 N–H and O–H groups in total. The molecular weight excluding hydrogens is 420 g/mol. The predicted octanol–water partition coefficient (Wildman–Crippen LogP) is 4.24. The fraction of sp³-hybridized carbons (Fsp3) is 0.286. The number of hydrogen-bond acceptors (Lipinski definition) is 5. The van der Waals surface area contributed by atoms with Crippen LogP contribution >= 0.6 is 11.6 Å². The second-order valence-corrected chi connectivity index (χ2v) is 6.91. The average Bonchev–Trinajstić information content (AvgIpc) is 2.67. The van der Waals surface area contributed by atoms with E-state index in [0.717, 1.165) is 0 Å². The standard InChI is InChI=1S/C21H20ClF2NO5/c1-12-3-8-19(30-21(23)24)16(9-12)18(27)11-29-20(28)10-17(25-13(2)26)14-4-6-15(22)7-5-14/h3-9,17,21H,10-11H2,1-2H3,(H,25,26). The van der Waals surface area contributed by atoms with Gasteiger partial charge in [0.25, 0.3) is 0 Å². The normalized spacial score (nSPS) is 11.7. The van der Waals surface area contributed by atoms with E-state index >= 15 is 0 Å². The molecule has 0 bridgehead atoms. The van der Waals surface area contributed by atoms with E-state index in [-0.39, 0.29) is 23.6 Å². The molecule has 30 heavy (non-hydrogen) atoms. The predicted molar refractivity (Wildman–Crippen MR) is 106 cm³/mol. The zero-order chi connectivity index (χ0) is 22.3. The minimum atomic E-state index is -3.10. The van der Waals surface area contributed by atoms with Gasteiger partial charge in [0, 0.05) is 11.9 Å². The van der Waals surface area contributed by atoms with Crippen LogP contribution in [0.3, 0.4) is 0 Å². The molecule has 0 fully saturated rings. The van der Waals surface area contributed by atoms with E-state index < -0.39 is 31.0 Å². The number of esters is 1. The van der Waals surface area contributed by atoms with Gasteiger partial charge in [-0.2, -0.15) is 8.78 Å². The molecule has 6 nitrogen and oxygen atoms in total. The molecule has 0 heterocycles. The molecule has 0 aliphatic carbocycles. The third-order valence-electron chi connectivity index (χ3n) is 4.04. The van der Waals surface area contributed by atoms with Crippen LogP contribution in [0.2, 0.25) is 5.02 Å². The number of hydrogen-bond donors (Lipinski definition) is 1. The van der Waals surface area contributed by atoms with Gasteiger partial charge < -0.3 is 14.8 Å². The highest BCUT2D eigenvalue weighted by atomic mass is 35.5. The van der Waals surface area contributed by atoms with Crippen molar-refractivity contribution < 1.29 is 32.6 Å². The van der Waals surface area contributed by atoms with Crippen molar-refractivity contribution in [1.29, 1.82) is 0 Å². The Morgan fingerprint density at radius 1 is 1.10 bits per heavy atom. The molecule has 2 aromatic carbocycles. The fourth-order valence-corrected chi connectivity index (χ4v) is 2.83. The second kappa shape index (κ2) is 10.7. The summed E-state index contributed by atoms with van der Waals surface area (Å²) in [4.78, 5) is 36.1. The second-order valence-electron chi connectivity index (χ2n) is 6.47. The Morgan fingerprint density at radius 3 is 2.37 bits per heavy atom. The number of ether oxygens (including phenoxy) is 2. The van der Waals surface area contributed by atoms with Crippen molar-refractivity contribution in [2.75, 3.05) is 6.61 Å². The Kier molecular flexibility index (Phi) is 8.29. The molecule has 0 saturated heterocycles. The molecule has 0 aliphatic rings. The highest BCUT2D eigenvalue weighted by Gasteiger charge is 2.21. The summed E-state index contributed by atoms with van der Waals surface area (Å²) in [6, 6.07) is 10.0. The molecule has 1 atom stereocenters. The van der Waals surface area contributed by atoms with E-state index in [1.165, 1.54) is 25.1 Å². The largest absolute Gasteiger partial charge is 0.457 e. The van der Waals surface area contributed by atoms with Gasteiger partial charge >= 0.3 is 12.6 Å². The number of ketones is 1. The number of carbonyl (C=O) groups excluding carboxylic acids is 3. The first-order chi connectivity index (χ1) is 14.2. The Morgan fingerprint density at radius 2 is 1.77 bits per heavy atom. The highest BCUT2D eigenvalue weighted by Crippen LogP contribution is 2.23. The van der Waals surface area contributed by atoms with Crippen LogP contribution in [0.15, 0.2) is 42.5 Å². The van der Waals surface area contributed by atoms with Gasteiger partial charge in [-0.3, -0.25) is 14.4 Å². The SMILES string of the molecule is CC(=O)NC(CC(=O)OCC(=O)c1cc(C)ccc1OC(F)F)c1ccc(Cl)cc1. The highest BCUT2D eigenvalue weighted by molar-refractivity contribution is 6.30. The smallest absolute Gasteiger partial charge is 0.387 e. The molecule has 0 aromatic heterocycles. The molecule has 1 amide bonds. The first-order valence-corrected chi connectivity index (χ1v) is 9.30. The van der Waals surface area contributed by atoms with Crippen molar-refractivity contribution in [3.05, 3.63) is 64.2 Å². The van der Waals surface area contributed by atoms with Gasteiger partial charge in [0.1, 0.15) is 5.75 Å². The van der Waals surface area contributed by atoms with Crippen molar-refractivity contribution in [2.45, 2.75) is 32.9 Å². The summed E-state index contributed by atoms with van der Waals surface area (Å²) in [7, 11) is 0. The minimum absolute atomic E-state index is 0.112. The number of halogens is 3. The first-order valence-electron chi connectivity index (χ1n) is 8.92. The summed E-state index contributed by atoms with van der Waals surface area (Å²) in [5, 5.41) is 3.13. The molecule has 0 radical (unpaired) electrons. The molecule has 9 heteroatoms. The Hall–Kier alpha value is -3.00. The van der Waals surface area contributed by atoms with Crippen LogP contribution in [0.1, 0.15) is 40.9 Å². The monoisotopic (exact) mass is 439 g/mol. The first kappa shape index (κ1) is 23.3. The maximum atomic E-state index is 12.6. The minimum Gasteiger partial charge on any atom is -0.457 e. The van der Waals surface area contributed by atoms with Crippen LogP contribution in [0.5, 0.6) is 5.75 Å². The van der Waals surface area contributed by atoms with Gasteiger partial charge in [-0.15, -0.1) is 0 Å². The summed E-state index contributed by atoms with van der Waals surface area (Å²) >= 11 is 5.85. The maximum absolute atomic E-state index is 12.6. The molecule has 1 unspecified atom stereocenters. The van der Waals surface area contributed by atoms with E-state index in [0.29, 0.717) is 16.1 Å². The third kappa shape index (κ3) is 7.11. The fourth-order valence-electron chi connectivity index (χ4n) is 2.70. The van der Waals surface area contributed by atoms with Crippen LogP contribution in [0.4, 0.5) is 8.78 Å². The van der Waals surface area contributed by atoms with Gasteiger partial charge in [-0.05, 0) is 36.8 Å². The number of benzene rings is 2. The molecule has 160 valence electrons. The van der Waals surface area contributed by atoms with Crippen LogP contribution < -0.4 is 10.1 Å². The molecule has 2 aromatic rings. The van der Waals surface area contributed by atoms with E-state index in [1.807, 2.05) is 0 Å². The van der Waals surface area contributed by atoms with Crippen molar-refractivity contribution in [2.24, 2.45) is 0 Å². The van der Waals surface area contributed by atoms with Crippen LogP contribution in [0, 0.1) is 6.92 Å². The summed E-state index contributed by atoms with van der Waals surface area (Å²) in [6.45, 7) is -0.770. The topological polar surface area (TPSA) is 81.7 Å². The summed E-state index contributed by atoms with van der Waals surface area (Å²) < 4.78 is 34.5. The van der Waals surface area contributed by atoms with E-state index in [9.17, 15) is 23.2 Å². The number of amides is 1. The van der Waals surface area contributed by atoms with E-state index in [2.05, 4.69) is 10.1 Å². The zero-order valence-corrected chi connectivity index (χ0v) is 17.0. The van der Waals surface area contributed by atoms with Crippen molar-refractivity contribution in [3.63, 3.8) is 0 Å². The van der Waals surface area contributed by atoms with Crippen molar-refractivity contribution in [3.8, 4) is 5.75 Å². The van der Waals surface area contributed by atoms with Gasteiger partial charge in [-0.1, -0.05) is 35.4 Å². The number of alkyl halides is 2. The lowest BCUT2D eigenvalue weighted by atomic mass is 10.0. The van der Waals surface area contributed by atoms with Crippen LogP contribution in [0.25, 0.3) is 0 Å². The number of aryl methyl sites for hydroxylation is 1. The zero-order valence-electron chi connectivity index (χ0n) is 16.3. The number of rotatable bonds is 9. The number of carbonyl (C=O) groups is 3. The average molecular weight is 440 g/mol. The van der Waals surface area contributed by atoms with Crippen LogP contribution in [-0.2, 0) is 14.3 Å². The molecular formula is C21H20ClF2NO5. The van der Waals surface area contributed by atoms with Gasteiger partial charge in [0.05, 0.1) is 18.0 Å². The quantitative estimate of drug-likeness (QED) is 0.466. The molecule has 0 saturated carbocycles. The third-order valence-corrected chi connectivity index (χ3v) is 4.29. The Balaban J connectivity index is 2.05. The summed E-state index contributed by atoms with van der Waals surface area (Å²) in [5.74, 6) is -2.09. The Labute approximate surface area is 177 Å². The van der Waals surface area contributed by atoms with Crippen molar-refractivity contribution >= 4 is 29.3 Å². The molecule has 2 rings (SSSR count). The van der Waals surface area contributed by atoms with E-state index in [4.69, 9.17) is 16.3 Å². The van der Waals surface area contributed by atoms with E-state index in [1.54, 1.807) is 31.2 Å². The number of Topliss-reactive ketones (excluding diaryl/α,β-unsaturated/α-hetero) is 1.